The van der Waals surface area contributed by atoms with Gasteiger partial charge in [0, 0.05) is 24.0 Å². The van der Waals surface area contributed by atoms with E-state index in [4.69, 9.17) is 0 Å². The lowest BCUT2D eigenvalue weighted by atomic mass is 9.78. The molecule has 2 bridgehead atoms. The molecule has 0 amide bonds. The molecule has 0 saturated carbocycles. The maximum atomic E-state index is 3.93. The second-order valence-electron chi connectivity index (χ2n) is 10.8. The van der Waals surface area contributed by atoms with Gasteiger partial charge >= 0.3 is 0 Å². The molecule has 3 aromatic rings. The fourth-order valence-corrected chi connectivity index (χ4v) is 5.93. The van der Waals surface area contributed by atoms with Crippen LogP contribution in [0.15, 0.2) is 138 Å². The number of nitrogens with one attached hydrogen (secondary N) is 1. The highest BCUT2D eigenvalue weighted by molar-refractivity contribution is 5.74. The van der Waals surface area contributed by atoms with E-state index in [0.29, 0.717) is 0 Å². The van der Waals surface area contributed by atoms with Gasteiger partial charge in [-0.15, -0.1) is 0 Å². The van der Waals surface area contributed by atoms with Gasteiger partial charge in [0.05, 0.1) is 11.6 Å². The number of nitrogens with zero attached hydrogens (tertiary/aromatic N) is 1. The van der Waals surface area contributed by atoms with Crippen molar-refractivity contribution in [2.45, 2.75) is 32.2 Å². The van der Waals surface area contributed by atoms with Crippen LogP contribution in [0.25, 0.3) is 0 Å². The second kappa shape index (κ2) is 10.0. The van der Waals surface area contributed by atoms with Crippen molar-refractivity contribution in [1.29, 1.82) is 0 Å². The third-order valence-electron chi connectivity index (χ3n) is 8.09. The molecule has 2 aliphatic carbocycles. The Bertz CT molecular complexity index is 1620. The molecule has 2 heteroatoms. The first kappa shape index (κ1) is 24.8. The number of fused-ring (bicyclic) bond motifs is 4. The smallest absolute Gasteiger partial charge is 0.168 e. The van der Waals surface area contributed by atoms with Gasteiger partial charge in [-0.2, -0.15) is 0 Å². The zero-order valence-electron chi connectivity index (χ0n) is 23.1. The number of para-hydroxylation sites is 1. The number of anilines is 2. The van der Waals surface area contributed by atoms with E-state index in [1.165, 1.54) is 33.5 Å². The standard InChI is InChI=1S/C37H34N2/c1-26-17-20-31(21-18-26)38-36-33(34-25-27(2)11-10-12-28(34)3)22-19-29-23-24-37(36,30-13-6-5-7-14-30)39(4)35-16-9-8-15-32(29)35/h5-22,25,28-29,38H,1-4H3. The largest absolute Gasteiger partial charge is 0.355 e. The molecule has 39 heavy (non-hydrogen) atoms. The predicted molar refractivity (Wildman–Crippen MR) is 165 cm³/mol. The summed E-state index contributed by atoms with van der Waals surface area (Å²) in [5, 5.41) is 3.93. The molecule has 192 valence electrons. The van der Waals surface area contributed by atoms with Crippen molar-refractivity contribution < 1.29 is 0 Å². The predicted octanol–water partition coefficient (Wildman–Crippen LogP) is 8.44. The Labute approximate surface area is 232 Å². The molecule has 3 aliphatic rings. The van der Waals surface area contributed by atoms with E-state index in [9.17, 15) is 0 Å². The van der Waals surface area contributed by atoms with Crippen LogP contribution in [-0.2, 0) is 5.54 Å². The Kier molecular flexibility index (Phi) is 6.37. The number of likely N-dealkylation sites (N-methyl/N-ethyl adjacent to an activating group) is 1. The van der Waals surface area contributed by atoms with Gasteiger partial charge in [0.25, 0.3) is 0 Å². The molecule has 0 radical (unpaired) electrons. The van der Waals surface area contributed by atoms with Crippen LogP contribution < -0.4 is 10.2 Å². The van der Waals surface area contributed by atoms with E-state index < -0.39 is 5.54 Å². The Morgan fingerprint density at radius 2 is 1.62 bits per heavy atom. The van der Waals surface area contributed by atoms with Gasteiger partial charge in [0.15, 0.2) is 5.54 Å². The highest BCUT2D eigenvalue weighted by Crippen LogP contribution is 2.47. The molecule has 6 rings (SSSR count). The number of hydrogen-bond acceptors (Lipinski definition) is 2. The topological polar surface area (TPSA) is 15.3 Å². The maximum absolute atomic E-state index is 3.93. The molecule has 0 fully saturated rings. The fraction of sp³-hybridized carbons (Fsp3) is 0.189. The average molecular weight is 507 g/mol. The van der Waals surface area contributed by atoms with Crippen molar-refractivity contribution in [3.8, 4) is 11.8 Å². The van der Waals surface area contributed by atoms with Gasteiger partial charge < -0.3 is 10.2 Å². The molecular formula is C37H34N2. The first-order chi connectivity index (χ1) is 19.0. The number of rotatable bonds is 4. The molecule has 3 aromatic carbocycles. The van der Waals surface area contributed by atoms with Crippen LogP contribution in [0.4, 0.5) is 11.4 Å². The zero-order valence-corrected chi connectivity index (χ0v) is 23.1. The van der Waals surface area contributed by atoms with Crippen molar-refractivity contribution in [2.24, 2.45) is 5.92 Å². The molecule has 1 N–H and O–H groups in total. The first-order valence-corrected chi connectivity index (χ1v) is 13.7. The van der Waals surface area contributed by atoms with Gasteiger partial charge in [-0.05, 0) is 54.7 Å². The van der Waals surface area contributed by atoms with Gasteiger partial charge in [-0.3, -0.25) is 0 Å². The minimum absolute atomic E-state index is 0.000901. The molecule has 0 saturated heterocycles. The molecular weight excluding hydrogens is 472 g/mol. The van der Waals surface area contributed by atoms with E-state index in [1.54, 1.807) is 0 Å². The van der Waals surface area contributed by atoms with Crippen molar-refractivity contribution in [3.05, 3.63) is 154 Å². The summed E-state index contributed by atoms with van der Waals surface area (Å²) in [6.45, 7) is 6.58. The van der Waals surface area contributed by atoms with Crippen LogP contribution >= 0.6 is 0 Å². The molecule has 1 aliphatic heterocycles. The summed E-state index contributed by atoms with van der Waals surface area (Å²) in [4.78, 5) is 2.38. The van der Waals surface area contributed by atoms with E-state index in [-0.39, 0.29) is 11.8 Å². The van der Waals surface area contributed by atoms with Gasteiger partial charge in [-0.25, -0.2) is 0 Å². The van der Waals surface area contributed by atoms with Gasteiger partial charge in [0.1, 0.15) is 0 Å². The Balaban J connectivity index is 1.73. The second-order valence-corrected chi connectivity index (χ2v) is 10.8. The number of benzene rings is 3. The lowest BCUT2D eigenvalue weighted by Gasteiger charge is -2.43. The molecule has 0 spiro atoms. The quantitative estimate of drug-likeness (QED) is 0.357. The van der Waals surface area contributed by atoms with Crippen LogP contribution in [0.5, 0.6) is 0 Å². The van der Waals surface area contributed by atoms with Crippen LogP contribution in [0, 0.1) is 24.7 Å². The van der Waals surface area contributed by atoms with Crippen LogP contribution in [0.1, 0.15) is 36.5 Å². The van der Waals surface area contributed by atoms with Crippen molar-refractivity contribution in [3.63, 3.8) is 0 Å². The number of hydrogen-bond donors (Lipinski definition) is 1. The monoisotopic (exact) mass is 506 g/mol. The van der Waals surface area contributed by atoms with Crippen molar-refractivity contribution in [2.75, 3.05) is 17.3 Å². The highest BCUT2D eigenvalue weighted by Gasteiger charge is 2.44. The average Bonchev–Trinajstić information content (AvgIpc) is 3.17. The minimum Gasteiger partial charge on any atom is -0.355 e. The molecule has 0 aromatic heterocycles. The molecule has 2 nitrogen and oxygen atoms in total. The number of allylic oxidation sites excluding steroid dienone is 9. The van der Waals surface area contributed by atoms with E-state index >= 15 is 0 Å². The normalized spacial score (nSPS) is 23.4. The van der Waals surface area contributed by atoms with E-state index in [0.717, 1.165) is 16.9 Å². The summed E-state index contributed by atoms with van der Waals surface area (Å²) in [7, 11) is 2.19. The van der Waals surface area contributed by atoms with Gasteiger partial charge in [-0.1, -0.05) is 127 Å². The van der Waals surface area contributed by atoms with E-state index in [2.05, 4.69) is 165 Å². The SMILES string of the molecule is CC1=CC=CC(C)C(C2=C(Nc3ccc(C)cc3)C3(c4ccccc4)C#CC(C=C2)c2ccccc2N3C)=C1. The van der Waals surface area contributed by atoms with Gasteiger partial charge in [0.2, 0.25) is 0 Å². The van der Waals surface area contributed by atoms with Crippen molar-refractivity contribution >= 4 is 11.4 Å². The lowest BCUT2D eigenvalue weighted by molar-refractivity contribution is 0.631. The molecule has 3 unspecified atom stereocenters. The van der Waals surface area contributed by atoms with Crippen LogP contribution in [-0.4, -0.2) is 7.05 Å². The Morgan fingerprint density at radius 3 is 2.41 bits per heavy atom. The summed E-state index contributed by atoms with van der Waals surface area (Å²) in [6, 6.07) is 28.1. The third kappa shape index (κ3) is 4.35. The van der Waals surface area contributed by atoms with Crippen molar-refractivity contribution in [1.82, 2.24) is 0 Å². The first-order valence-electron chi connectivity index (χ1n) is 13.7. The molecule has 3 atom stereocenters. The lowest BCUT2D eigenvalue weighted by Crippen LogP contribution is -2.47. The molecule has 1 heterocycles. The minimum atomic E-state index is -0.745. The maximum Gasteiger partial charge on any atom is 0.168 e. The zero-order chi connectivity index (χ0) is 27.0. The van der Waals surface area contributed by atoms with E-state index in [1.807, 2.05) is 0 Å². The Hall–Kier alpha value is -4.48. The summed E-state index contributed by atoms with van der Waals surface area (Å²) in [5.41, 5.74) is 9.87. The number of aryl methyl sites for hydroxylation is 1. The Morgan fingerprint density at radius 1 is 0.872 bits per heavy atom. The summed E-state index contributed by atoms with van der Waals surface area (Å²) < 4.78 is 0. The third-order valence-corrected chi connectivity index (χ3v) is 8.09. The fourth-order valence-electron chi connectivity index (χ4n) is 5.93. The summed E-state index contributed by atoms with van der Waals surface area (Å²) >= 11 is 0. The van der Waals surface area contributed by atoms with Crippen LogP contribution in [0.3, 0.4) is 0 Å². The highest BCUT2D eigenvalue weighted by atomic mass is 15.2. The summed E-state index contributed by atoms with van der Waals surface area (Å²) in [5.74, 6) is 7.78. The van der Waals surface area contributed by atoms with Crippen LogP contribution in [0.2, 0.25) is 0 Å². The summed E-state index contributed by atoms with van der Waals surface area (Å²) in [6.07, 6.45) is 13.6.